The van der Waals surface area contributed by atoms with Crippen LogP contribution in [0.3, 0.4) is 0 Å². The molecule has 10 aromatic rings. The van der Waals surface area contributed by atoms with Crippen molar-refractivity contribution in [1.29, 1.82) is 5.26 Å². The molecule has 11 rings (SSSR count). The van der Waals surface area contributed by atoms with Gasteiger partial charge in [0.15, 0.2) is 0 Å². The maximum Gasteiger partial charge on any atom is 0.138 e. The van der Waals surface area contributed by atoms with Gasteiger partial charge in [0.05, 0.1) is 51.0 Å². The molecule has 0 saturated heterocycles. The second-order valence-corrected chi connectivity index (χ2v) is 13.8. The van der Waals surface area contributed by atoms with E-state index in [1.54, 1.807) is 0 Å². The SMILES string of the molecule is N#Cc1cccc(-c2cc(-n3c4ccccc4c4ccccc43)nc(C3c4ccccc4-c4ccccc43)c2-n2c3ccccc3c3ccccc32)c1. The van der Waals surface area contributed by atoms with Gasteiger partial charge in [0.1, 0.15) is 5.82 Å². The molecule has 1 aliphatic rings. The highest BCUT2D eigenvalue weighted by Crippen LogP contribution is 2.51. The minimum atomic E-state index is -0.150. The second kappa shape index (κ2) is 11.4. The van der Waals surface area contributed by atoms with Crippen LogP contribution in [-0.2, 0) is 0 Å². The predicted octanol–water partition coefficient (Wildman–Crippen LogP) is 12.0. The first kappa shape index (κ1) is 29.5. The molecule has 1 aliphatic carbocycles. The third-order valence-electron chi connectivity index (χ3n) is 11.0. The molecular formula is C49H30N4. The van der Waals surface area contributed by atoms with E-state index in [0.717, 1.165) is 50.4 Å². The van der Waals surface area contributed by atoms with E-state index in [2.05, 4.69) is 173 Å². The summed E-state index contributed by atoms with van der Waals surface area (Å²) < 4.78 is 4.73. The molecule has 0 radical (unpaired) electrons. The maximum absolute atomic E-state index is 10.2. The van der Waals surface area contributed by atoms with Gasteiger partial charge in [0.25, 0.3) is 0 Å². The molecule has 0 atom stereocenters. The van der Waals surface area contributed by atoms with Crippen molar-refractivity contribution in [2.45, 2.75) is 5.92 Å². The molecule has 0 N–H and O–H groups in total. The number of nitrogens with zero attached hydrogens (tertiary/aromatic N) is 4. The van der Waals surface area contributed by atoms with Crippen LogP contribution in [0.2, 0.25) is 0 Å². The van der Waals surface area contributed by atoms with E-state index in [4.69, 9.17) is 4.98 Å². The molecule has 0 amide bonds. The minimum Gasteiger partial charge on any atom is -0.307 e. The van der Waals surface area contributed by atoms with Crippen LogP contribution in [0.15, 0.2) is 176 Å². The summed E-state index contributed by atoms with van der Waals surface area (Å²) in [5, 5.41) is 14.9. The molecule has 0 bridgehead atoms. The Labute approximate surface area is 306 Å². The highest BCUT2D eigenvalue weighted by Gasteiger charge is 2.35. The Kier molecular flexibility index (Phi) is 6.34. The van der Waals surface area contributed by atoms with Crippen molar-refractivity contribution in [1.82, 2.24) is 14.1 Å². The molecule has 4 heteroatoms. The number of rotatable bonds is 4. The fraction of sp³-hybridized carbons (Fsp3) is 0.0204. The van der Waals surface area contributed by atoms with Gasteiger partial charge in [-0.05, 0) is 70.3 Å². The zero-order valence-electron chi connectivity index (χ0n) is 28.6. The summed E-state index contributed by atoms with van der Waals surface area (Å²) in [6.07, 6.45) is 0. The Hall–Kier alpha value is -7.22. The molecule has 4 nitrogen and oxygen atoms in total. The largest absolute Gasteiger partial charge is 0.307 e. The van der Waals surface area contributed by atoms with Crippen LogP contribution in [0.25, 0.3) is 77.4 Å². The van der Waals surface area contributed by atoms with E-state index < -0.39 is 0 Å². The van der Waals surface area contributed by atoms with Gasteiger partial charge in [-0.1, -0.05) is 133 Å². The van der Waals surface area contributed by atoms with Crippen LogP contribution in [0, 0.1) is 11.3 Å². The molecule has 0 unspecified atom stereocenters. The molecule has 3 aromatic heterocycles. The Balaban J connectivity index is 1.37. The number of hydrogen-bond acceptors (Lipinski definition) is 2. The zero-order chi connectivity index (χ0) is 35.0. The molecule has 0 saturated carbocycles. The standard InChI is InChI=1S/C49H30N4/c50-30-31-14-13-15-32(28-31)41-29-46(52-42-24-9-5-18-35(42)36-19-6-10-25-43(36)52)51-48(47-39-22-3-1-16-33(39)34-17-2-4-23-40(34)47)49(41)53-44-26-11-7-20-37(44)38-21-8-12-27-45(38)53/h1-29,47H. The predicted molar refractivity (Wildman–Crippen MR) is 216 cm³/mol. The summed E-state index contributed by atoms with van der Waals surface area (Å²) in [6.45, 7) is 0. The van der Waals surface area contributed by atoms with Gasteiger partial charge in [-0.25, -0.2) is 4.98 Å². The summed E-state index contributed by atoms with van der Waals surface area (Å²) in [5.74, 6) is 0.685. The summed E-state index contributed by atoms with van der Waals surface area (Å²) in [4.78, 5) is 5.87. The monoisotopic (exact) mass is 674 g/mol. The smallest absolute Gasteiger partial charge is 0.138 e. The third kappa shape index (κ3) is 4.26. The molecular weight excluding hydrogens is 645 g/mol. The van der Waals surface area contributed by atoms with Crippen LogP contribution < -0.4 is 0 Å². The van der Waals surface area contributed by atoms with Crippen LogP contribution in [-0.4, -0.2) is 14.1 Å². The van der Waals surface area contributed by atoms with Crippen molar-refractivity contribution in [2.24, 2.45) is 0 Å². The Morgan fingerprint density at radius 1 is 0.453 bits per heavy atom. The quantitative estimate of drug-likeness (QED) is 0.186. The number of pyridine rings is 1. The number of nitriles is 1. The summed E-state index contributed by atoms with van der Waals surface area (Å²) in [7, 11) is 0. The summed E-state index contributed by atoms with van der Waals surface area (Å²) in [6, 6.07) is 64.7. The molecule has 0 spiro atoms. The van der Waals surface area contributed by atoms with Crippen molar-refractivity contribution in [3.8, 4) is 39.8 Å². The van der Waals surface area contributed by atoms with Crippen molar-refractivity contribution < 1.29 is 0 Å². The topological polar surface area (TPSA) is 46.5 Å². The first-order chi connectivity index (χ1) is 26.3. The fourth-order valence-electron chi connectivity index (χ4n) is 8.85. The Bertz CT molecular complexity index is 3000. The minimum absolute atomic E-state index is 0.150. The lowest BCUT2D eigenvalue weighted by molar-refractivity contribution is 0.899. The number of benzene rings is 7. The highest BCUT2D eigenvalue weighted by molar-refractivity contribution is 6.11. The van der Waals surface area contributed by atoms with Crippen LogP contribution in [0.5, 0.6) is 0 Å². The van der Waals surface area contributed by atoms with Crippen LogP contribution in [0.1, 0.15) is 28.3 Å². The first-order valence-electron chi connectivity index (χ1n) is 18.0. The second-order valence-electron chi connectivity index (χ2n) is 13.8. The first-order valence-corrected chi connectivity index (χ1v) is 18.0. The van der Waals surface area contributed by atoms with Gasteiger partial charge in [-0.3, -0.25) is 4.57 Å². The van der Waals surface area contributed by atoms with E-state index in [1.807, 2.05) is 18.2 Å². The summed E-state index contributed by atoms with van der Waals surface area (Å²) in [5.41, 5.74) is 13.9. The highest BCUT2D eigenvalue weighted by atomic mass is 15.1. The normalized spacial score (nSPS) is 12.4. The number of aromatic nitrogens is 3. The zero-order valence-corrected chi connectivity index (χ0v) is 28.6. The van der Waals surface area contributed by atoms with Crippen molar-refractivity contribution in [3.05, 3.63) is 198 Å². The van der Waals surface area contributed by atoms with Gasteiger partial charge in [-0.2, -0.15) is 5.26 Å². The van der Waals surface area contributed by atoms with Crippen LogP contribution >= 0.6 is 0 Å². The average Bonchev–Trinajstić information content (AvgIpc) is 3.86. The average molecular weight is 675 g/mol. The van der Waals surface area contributed by atoms with Crippen molar-refractivity contribution in [2.75, 3.05) is 0 Å². The van der Waals surface area contributed by atoms with E-state index in [-0.39, 0.29) is 5.92 Å². The van der Waals surface area contributed by atoms with E-state index in [0.29, 0.717) is 5.56 Å². The Morgan fingerprint density at radius 3 is 1.45 bits per heavy atom. The number of hydrogen-bond donors (Lipinski definition) is 0. The maximum atomic E-state index is 10.2. The van der Waals surface area contributed by atoms with Gasteiger partial charge in [-0.15, -0.1) is 0 Å². The van der Waals surface area contributed by atoms with Gasteiger partial charge in [0, 0.05) is 27.1 Å². The lowest BCUT2D eigenvalue weighted by atomic mass is 9.89. The van der Waals surface area contributed by atoms with E-state index >= 15 is 0 Å². The molecule has 3 heterocycles. The van der Waals surface area contributed by atoms with E-state index in [1.165, 1.54) is 43.8 Å². The van der Waals surface area contributed by atoms with Gasteiger partial charge in [0.2, 0.25) is 0 Å². The van der Waals surface area contributed by atoms with E-state index in [9.17, 15) is 5.26 Å². The van der Waals surface area contributed by atoms with Crippen molar-refractivity contribution in [3.63, 3.8) is 0 Å². The fourth-order valence-corrected chi connectivity index (χ4v) is 8.85. The molecule has 0 aliphatic heterocycles. The number of fused-ring (bicyclic) bond motifs is 9. The summed E-state index contributed by atoms with van der Waals surface area (Å²) >= 11 is 0. The lowest BCUT2D eigenvalue weighted by Crippen LogP contribution is -2.13. The molecule has 53 heavy (non-hydrogen) atoms. The molecule has 7 aromatic carbocycles. The van der Waals surface area contributed by atoms with Gasteiger partial charge < -0.3 is 4.57 Å². The van der Waals surface area contributed by atoms with Crippen LogP contribution in [0.4, 0.5) is 0 Å². The molecule has 246 valence electrons. The molecule has 0 fully saturated rings. The van der Waals surface area contributed by atoms with Gasteiger partial charge >= 0.3 is 0 Å². The lowest BCUT2D eigenvalue weighted by Gasteiger charge is -2.24. The third-order valence-corrected chi connectivity index (χ3v) is 11.0. The number of para-hydroxylation sites is 4. The Morgan fingerprint density at radius 2 is 0.925 bits per heavy atom. The van der Waals surface area contributed by atoms with Crippen molar-refractivity contribution >= 4 is 43.6 Å².